The highest BCUT2D eigenvalue weighted by Crippen LogP contribution is 2.17. The lowest BCUT2D eigenvalue weighted by Crippen LogP contribution is -2.45. The van der Waals surface area contributed by atoms with Gasteiger partial charge in [-0.2, -0.15) is 0 Å². The molecule has 0 heterocycles. The van der Waals surface area contributed by atoms with Crippen molar-refractivity contribution in [2.75, 3.05) is 13.2 Å². The van der Waals surface area contributed by atoms with Crippen molar-refractivity contribution in [2.24, 2.45) is 0 Å². The molecule has 2 atom stereocenters. The van der Waals surface area contributed by atoms with Gasteiger partial charge in [0.2, 0.25) is 5.91 Å². The van der Waals surface area contributed by atoms with Crippen LogP contribution in [0.5, 0.6) is 0 Å². The van der Waals surface area contributed by atoms with Crippen LogP contribution in [0, 0.1) is 0 Å². The quantitative estimate of drug-likeness (QED) is 0.0321. The number of nitrogens with one attached hydrogen (secondary N) is 1. The maximum Gasteiger partial charge on any atom is 0.305 e. The Morgan fingerprint density at radius 2 is 0.723 bits per heavy atom. The first-order valence-corrected chi connectivity index (χ1v) is 29.1. The van der Waals surface area contributed by atoms with E-state index in [1.807, 2.05) is 0 Å². The van der Waals surface area contributed by atoms with Crippen molar-refractivity contribution in [1.29, 1.82) is 0 Å². The largest absolute Gasteiger partial charge is 0.466 e. The van der Waals surface area contributed by atoms with E-state index in [9.17, 15) is 19.8 Å². The van der Waals surface area contributed by atoms with Gasteiger partial charge >= 0.3 is 5.97 Å². The van der Waals surface area contributed by atoms with Crippen LogP contribution in [-0.2, 0) is 14.3 Å². The summed E-state index contributed by atoms with van der Waals surface area (Å²) in [4.78, 5) is 24.6. The molecule has 1 amide bonds. The van der Waals surface area contributed by atoms with Gasteiger partial charge in [-0.15, -0.1) is 0 Å². The lowest BCUT2D eigenvalue weighted by molar-refractivity contribution is -0.143. The summed E-state index contributed by atoms with van der Waals surface area (Å²) in [6.45, 7) is 4.89. The van der Waals surface area contributed by atoms with Gasteiger partial charge in [-0.25, -0.2) is 0 Å². The monoisotopic (exact) mass is 916 g/mol. The van der Waals surface area contributed by atoms with Crippen LogP contribution < -0.4 is 5.32 Å². The summed E-state index contributed by atoms with van der Waals surface area (Å²) in [6.07, 6.45) is 66.0. The average Bonchev–Trinajstić information content (AvgIpc) is 3.31. The van der Waals surface area contributed by atoms with Gasteiger partial charge in [-0.1, -0.05) is 250 Å². The van der Waals surface area contributed by atoms with E-state index in [0.29, 0.717) is 25.9 Å². The normalized spacial score (nSPS) is 12.7. The minimum Gasteiger partial charge on any atom is -0.466 e. The maximum absolute atomic E-state index is 12.5. The Morgan fingerprint density at radius 3 is 1.09 bits per heavy atom. The molecule has 0 aliphatic heterocycles. The summed E-state index contributed by atoms with van der Waals surface area (Å²) in [7, 11) is 0. The molecule has 6 nitrogen and oxygen atoms in total. The standard InChI is InChI=1S/C59H113NO5/c1-3-5-7-9-11-13-15-17-19-21-22-23-25-26-28-31-35-39-43-47-51-57(62)56(55-61)60-58(63)52-48-44-40-36-32-30-34-38-42-46-50-54-65-59(64)53-49-45-41-37-33-29-27-24-20-18-16-14-12-10-8-6-4-2/h18,20,34,38,56-57,61-62H,3-17,19,21-33,35-37,39-55H2,1-2H3,(H,60,63)/b20-18-,38-34-. The Hall–Kier alpha value is -1.66. The number of rotatable bonds is 54. The van der Waals surface area contributed by atoms with Crippen LogP contribution in [0.25, 0.3) is 0 Å². The van der Waals surface area contributed by atoms with E-state index < -0.39 is 12.1 Å². The highest BCUT2D eigenvalue weighted by Gasteiger charge is 2.20. The summed E-state index contributed by atoms with van der Waals surface area (Å²) >= 11 is 0. The Bertz CT molecular complexity index is 1010. The minimum atomic E-state index is -0.683. The van der Waals surface area contributed by atoms with Gasteiger partial charge in [0, 0.05) is 12.8 Å². The molecule has 6 heteroatoms. The number of hydrogen-bond donors (Lipinski definition) is 3. The predicted octanol–water partition coefficient (Wildman–Crippen LogP) is 17.9. The molecule has 0 fully saturated rings. The van der Waals surface area contributed by atoms with Crippen LogP contribution in [0.1, 0.15) is 316 Å². The van der Waals surface area contributed by atoms with Crippen LogP contribution in [0.15, 0.2) is 24.3 Å². The van der Waals surface area contributed by atoms with Crippen LogP contribution in [-0.4, -0.2) is 47.4 Å². The Balaban J connectivity index is 3.50. The third-order valence-electron chi connectivity index (χ3n) is 13.5. The number of allylic oxidation sites excluding steroid dienone is 4. The van der Waals surface area contributed by atoms with E-state index in [2.05, 4.69) is 43.5 Å². The number of esters is 1. The van der Waals surface area contributed by atoms with Crippen molar-refractivity contribution in [3.05, 3.63) is 24.3 Å². The van der Waals surface area contributed by atoms with Gasteiger partial charge in [0.05, 0.1) is 25.4 Å². The van der Waals surface area contributed by atoms with E-state index in [4.69, 9.17) is 4.74 Å². The summed E-state index contributed by atoms with van der Waals surface area (Å²) in [5.41, 5.74) is 0. The smallest absolute Gasteiger partial charge is 0.305 e. The predicted molar refractivity (Wildman–Crippen MR) is 283 cm³/mol. The average molecular weight is 917 g/mol. The summed E-state index contributed by atoms with van der Waals surface area (Å²) in [6, 6.07) is -0.563. The van der Waals surface area contributed by atoms with Gasteiger partial charge in [0.15, 0.2) is 0 Å². The number of unbranched alkanes of at least 4 members (excludes halogenated alkanes) is 39. The number of aliphatic hydroxyl groups excluding tert-OH is 2. The van der Waals surface area contributed by atoms with Gasteiger partial charge in [0.25, 0.3) is 0 Å². The van der Waals surface area contributed by atoms with E-state index >= 15 is 0 Å². The Kier molecular flexibility index (Phi) is 53.5. The van der Waals surface area contributed by atoms with Crippen LogP contribution in [0.4, 0.5) is 0 Å². The van der Waals surface area contributed by atoms with Crippen molar-refractivity contribution in [3.63, 3.8) is 0 Å². The molecule has 0 aliphatic rings. The lowest BCUT2D eigenvalue weighted by atomic mass is 10.0. The van der Waals surface area contributed by atoms with E-state index in [-0.39, 0.29) is 18.5 Å². The maximum atomic E-state index is 12.5. The summed E-state index contributed by atoms with van der Waals surface area (Å²) < 4.78 is 5.45. The molecule has 0 saturated carbocycles. The van der Waals surface area contributed by atoms with Crippen molar-refractivity contribution in [2.45, 2.75) is 328 Å². The van der Waals surface area contributed by atoms with E-state index in [1.54, 1.807) is 0 Å². The second-order valence-electron chi connectivity index (χ2n) is 20.0. The van der Waals surface area contributed by atoms with E-state index in [0.717, 1.165) is 83.5 Å². The van der Waals surface area contributed by atoms with Crippen LogP contribution in [0.2, 0.25) is 0 Å². The summed E-state index contributed by atoms with van der Waals surface area (Å²) in [5.74, 6) is -0.0955. The van der Waals surface area contributed by atoms with Gasteiger partial charge in [-0.05, 0) is 77.0 Å². The van der Waals surface area contributed by atoms with Gasteiger partial charge in [-0.3, -0.25) is 9.59 Å². The molecule has 2 unspecified atom stereocenters. The zero-order valence-electron chi connectivity index (χ0n) is 43.7. The highest BCUT2D eigenvalue weighted by atomic mass is 16.5. The molecule has 0 aliphatic carbocycles. The van der Waals surface area contributed by atoms with Crippen molar-refractivity contribution in [1.82, 2.24) is 5.32 Å². The first kappa shape index (κ1) is 63.3. The number of carbonyl (C=O) groups excluding carboxylic acids is 2. The third-order valence-corrected chi connectivity index (χ3v) is 13.5. The summed E-state index contributed by atoms with van der Waals surface area (Å²) in [5, 5.41) is 23.3. The Morgan fingerprint density at radius 1 is 0.415 bits per heavy atom. The second-order valence-corrected chi connectivity index (χ2v) is 20.0. The fourth-order valence-corrected chi connectivity index (χ4v) is 8.98. The molecule has 384 valence electrons. The molecule has 3 N–H and O–H groups in total. The molecule has 0 aromatic rings. The molecule has 0 rings (SSSR count). The molecule has 0 spiro atoms. The number of hydrogen-bond acceptors (Lipinski definition) is 5. The molecule has 0 saturated heterocycles. The third kappa shape index (κ3) is 51.6. The molecule has 0 aromatic carbocycles. The molecular formula is C59H113NO5. The number of amides is 1. The molecule has 0 bridgehead atoms. The molecule has 65 heavy (non-hydrogen) atoms. The fourth-order valence-electron chi connectivity index (χ4n) is 8.98. The van der Waals surface area contributed by atoms with Crippen molar-refractivity contribution in [3.8, 4) is 0 Å². The highest BCUT2D eigenvalue weighted by molar-refractivity contribution is 5.76. The number of aliphatic hydroxyl groups is 2. The zero-order valence-corrected chi connectivity index (χ0v) is 43.7. The topological polar surface area (TPSA) is 95.9 Å². The Labute approximate surface area is 405 Å². The van der Waals surface area contributed by atoms with Crippen molar-refractivity contribution >= 4 is 11.9 Å². The first-order valence-electron chi connectivity index (χ1n) is 29.1. The molecular weight excluding hydrogens is 803 g/mol. The number of ether oxygens (including phenoxy) is 1. The first-order chi connectivity index (χ1) is 32.0. The van der Waals surface area contributed by atoms with Crippen LogP contribution in [0.3, 0.4) is 0 Å². The fraction of sp³-hybridized carbons (Fsp3) is 0.898. The SMILES string of the molecule is CCCCCCCC/C=C\CCCCCCCCCC(=O)OCCCC/C=C\CCCCCCCC(=O)NC(CO)C(O)CCCCCCCCCCCCCCCCCCCCCC. The van der Waals surface area contributed by atoms with Crippen molar-refractivity contribution < 1.29 is 24.5 Å². The van der Waals surface area contributed by atoms with Gasteiger partial charge < -0.3 is 20.3 Å². The second kappa shape index (κ2) is 54.9. The zero-order chi connectivity index (χ0) is 47.2. The van der Waals surface area contributed by atoms with Gasteiger partial charge in [0.1, 0.15) is 0 Å². The number of carbonyl (C=O) groups is 2. The molecule has 0 radical (unpaired) electrons. The van der Waals surface area contributed by atoms with Crippen LogP contribution >= 0.6 is 0 Å². The lowest BCUT2D eigenvalue weighted by Gasteiger charge is -2.22. The molecule has 0 aromatic heterocycles. The van der Waals surface area contributed by atoms with E-state index in [1.165, 1.54) is 199 Å². The minimum absolute atomic E-state index is 0.0338.